The lowest BCUT2D eigenvalue weighted by molar-refractivity contribution is -0.144. The second-order valence-corrected chi connectivity index (χ2v) is 5.16. The van der Waals surface area contributed by atoms with E-state index in [-0.39, 0.29) is 19.2 Å². The van der Waals surface area contributed by atoms with E-state index in [0.29, 0.717) is 12.4 Å². The molecule has 3 rings (SSSR count). The molecule has 3 heterocycles. The Bertz CT molecular complexity index is 548. The third-order valence-electron chi connectivity index (χ3n) is 3.69. The summed E-state index contributed by atoms with van der Waals surface area (Å²) in [7, 11) is 0. The molecular weight excluding hydrogens is 276 g/mol. The Morgan fingerprint density at radius 3 is 2.62 bits per heavy atom. The lowest BCUT2D eigenvalue weighted by atomic mass is 10.1. The van der Waals surface area contributed by atoms with Gasteiger partial charge in [0.05, 0.1) is 25.5 Å². The summed E-state index contributed by atoms with van der Waals surface area (Å²) in [4.78, 5) is 38.0. The molecule has 7 heteroatoms. The summed E-state index contributed by atoms with van der Waals surface area (Å²) in [6.07, 6.45) is 4.06. The highest BCUT2D eigenvalue weighted by Crippen LogP contribution is 2.20. The van der Waals surface area contributed by atoms with E-state index in [1.54, 1.807) is 12.1 Å². The molecule has 0 N–H and O–H groups in total. The predicted octanol–water partition coefficient (Wildman–Crippen LogP) is 1.14. The first-order chi connectivity index (χ1) is 10.2. The van der Waals surface area contributed by atoms with E-state index in [0.717, 1.165) is 29.1 Å². The SMILES string of the molecule is O=C1C(=O)N(C[C@@H]2CCCCO2)C(=O)N1Cc1ccco1. The molecular formula is C14H16N2O5. The van der Waals surface area contributed by atoms with Gasteiger partial charge >= 0.3 is 17.8 Å². The highest BCUT2D eigenvalue weighted by Gasteiger charge is 2.45. The second kappa shape index (κ2) is 5.69. The summed E-state index contributed by atoms with van der Waals surface area (Å²) in [5.74, 6) is -1.15. The van der Waals surface area contributed by atoms with E-state index in [1.807, 2.05) is 0 Å². The minimum absolute atomic E-state index is 0.0293. The molecule has 0 unspecified atom stereocenters. The Kier molecular flexibility index (Phi) is 3.74. The molecule has 0 spiro atoms. The Labute approximate surface area is 121 Å². The first-order valence-corrected chi connectivity index (χ1v) is 6.98. The molecule has 1 atom stereocenters. The van der Waals surface area contributed by atoms with Gasteiger partial charge in [0.2, 0.25) is 0 Å². The van der Waals surface area contributed by atoms with Crippen LogP contribution < -0.4 is 0 Å². The number of nitrogens with zero attached hydrogens (tertiary/aromatic N) is 2. The van der Waals surface area contributed by atoms with Crippen molar-refractivity contribution in [2.45, 2.75) is 31.9 Å². The summed E-state index contributed by atoms with van der Waals surface area (Å²) < 4.78 is 10.6. The van der Waals surface area contributed by atoms with E-state index in [4.69, 9.17) is 9.15 Å². The molecule has 1 aromatic rings. The number of furan rings is 1. The van der Waals surface area contributed by atoms with Crippen LogP contribution in [0.3, 0.4) is 0 Å². The predicted molar refractivity (Wildman–Crippen MR) is 70.0 cm³/mol. The number of ether oxygens (including phenoxy) is 1. The fourth-order valence-corrected chi connectivity index (χ4v) is 2.56. The number of hydrogen-bond donors (Lipinski definition) is 0. The van der Waals surface area contributed by atoms with Crippen molar-refractivity contribution in [3.05, 3.63) is 24.2 Å². The third kappa shape index (κ3) is 2.69. The number of hydrogen-bond acceptors (Lipinski definition) is 5. The molecule has 7 nitrogen and oxygen atoms in total. The number of amides is 4. The number of rotatable bonds is 4. The molecule has 2 aliphatic heterocycles. The second-order valence-electron chi connectivity index (χ2n) is 5.16. The fourth-order valence-electron chi connectivity index (χ4n) is 2.56. The molecule has 0 radical (unpaired) electrons. The fraction of sp³-hybridized carbons (Fsp3) is 0.500. The van der Waals surface area contributed by atoms with E-state index >= 15 is 0 Å². The average Bonchev–Trinajstić information content (AvgIpc) is 3.08. The van der Waals surface area contributed by atoms with Gasteiger partial charge in [-0.1, -0.05) is 0 Å². The van der Waals surface area contributed by atoms with Crippen molar-refractivity contribution in [1.29, 1.82) is 0 Å². The van der Waals surface area contributed by atoms with Crippen LogP contribution in [0, 0.1) is 0 Å². The zero-order chi connectivity index (χ0) is 14.8. The van der Waals surface area contributed by atoms with Crippen LogP contribution in [-0.2, 0) is 20.9 Å². The van der Waals surface area contributed by atoms with E-state index in [1.165, 1.54) is 6.26 Å². The summed E-state index contributed by atoms with van der Waals surface area (Å²) >= 11 is 0. The topological polar surface area (TPSA) is 80.1 Å². The normalized spacial score (nSPS) is 23.2. The first-order valence-electron chi connectivity index (χ1n) is 6.98. The maximum Gasteiger partial charge on any atom is 0.334 e. The van der Waals surface area contributed by atoms with E-state index in [2.05, 4.69) is 0 Å². The highest BCUT2D eigenvalue weighted by molar-refractivity contribution is 6.44. The van der Waals surface area contributed by atoms with Crippen LogP contribution in [-0.4, -0.2) is 46.9 Å². The van der Waals surface area contributed by atoms with Gasteiger partial charge in [-0.25, -0.2) is 9.69 Å². The number of carbonyl (C=O) groups excluding carboxylic acids is 3. The van der Waals surface area contributed by atoms with Crippen LogP contribution in [0.25, 0.3) is 0 Å². The Balaban J connectivity index is 1.69. The number of imide groups is 2. The average molecular weight is 292 g/mol. The van der Waals surface area contributed by atoms with E-state index < -0.39 is 17.8 Å². The molecule has 21 heavy (non-hydrogen) atoms. The van der Waals surface area contributed by atoms with Crippen LogP contribution in [0.15, 0.2) is 22.8 Å². The van der Waals surface area contributed by atoms with Crippen LogP contribution in [0.5, 0.6) is 0 Å². The molecule has 2 fully saturated rings. The van der Waals surface area contributed by atoms with Gasteiger partial charge in [-0.15, -0.1) is 0 Å². The Morgan fingerprint density at radius 1 is 1.14 bits per heavy atom. The minimum Gasteiger partial charge on any atom is -0.467 e. The maximum atomic E-state index is 12.2. The Morgan fingerprint density at radius 2 is 1.95 bits per heavy atom. The van der Waals surface area contributed by atoms with Crippen LogP contribution in [0.2, 0.25) is 0 Å². The van der Waals surface area contributed by atoms with Gasteiger partial charge in [-0.05, 0) is 31.4 Å². The maximum absolute atomic E-state index is 12.2. The van der Waals surface area contributed by atoms with Crippen molar-refractivity contribution in [3.63, 3.8) is 0 Å². The number of urea groups is 1. The van der Waals surface area contributed by atoms with Gasteiger partial charge in [0.25, 0.3) is 0 Å². The zero-order valence-electron chi connectivity index (χ0n) is 11.5. The standard InChI is InChI=1S/C14H16N2O5/c17-12-13(18)16(9-11-5-3-7-21-11)14(19)15(12)8-10-4-1-2-6-20-10/h3,5,7,10H,1-2,4,6,8-9H2/t10-/m0/s1. The molecule has 0 aromatic carbocycles. The van der Waals surface area contributed by atoms with Gasteiger partial charge in [-0.3, -0.25) is 14.5 Å². The van der Waals surface area contributed by atoms with Crippen molar-refractivity contribution in [3.8, 4) is 0 Å². The van der Waals surface area contributed by atoms with Crippen molar-refractivity contribution in [2.24, 2.45) is 0 Å². The molecule has 112 valence electrons. The summed E-state index contributed by atoms with van der Waals surface area (Å²) in [6.45, 7) is 0.738. The minimum atomic E-state index is -0.813. The third-order valence-corrected chi connectivity index (χ3v) is 3.69. The summed E-state index contributed by atoms with van der Waals surface area (Å²) in [5, 5.41) is 0. The van der Waals surface area contributed by atoms with Gasteiger partial charge in [0.15, 0.2) is 0 Å². The molecule has 2 aliphatic rings. The molecule has 0 aliphatic carbocycles. The summed E-state index contributed by atoms with van der Waals surface area (Å²) in [6, 6.07) is 2.71. The van der Waals surface area contributed by atoms with Crippen molar-refractivity contribution in [2.75, 3.05) is 13.2 Å². The van der Waals surface area contributed by atoms with Gasteiger partial charge < -0.3 is 9.15 Å². The van der Waals surface area contributed by atoms with E-state index in [9.17, 15) is 14.4 Å². The van der Waals surface area contributed by atoms with Crippen molar-refractivity contribution in [1.82, 2.24) is 9.80 Å². The van der Waals surface area contributed by atoms with Gasteiger partial charge in [-0.2, -0.15) is 0 Å². The van der Waals surface area contributed by atoms with Crippen LogP contribution in [0.4, 0.5) is 4.79 Å². The molecule has 0 bridgehead atoms. The summed E-state index contributed by atoms with van der Waals surface area (Å²) in [5.41, 5.74) is 0. The van der Waals surface area contributed by atoms with Crippen molar-refractivity contribution < 1.29 is 23.5 Å². The zero-order valence-corrected chi connectivity index (χ0v) is 11.5. The molecule has 0 saturated carbocycles. The first kappa shape index (κ1) is 13.8. The molecule has 4 amide bonds. The largest absolute Gasteiger partial charge is 0.467 e. The molecule has 2 saturated heterocycles. The highest BCUT2D eigenvalue weighted by atomic mass is 16.5. The van der Waals surface area contributed by atoms with Gasteiger partial charge in [0, 0.05) is 6.61 Å². The van der Waals surface area contributed by atoms with Gasteiger partial charge in [0.1, 0.15) is 5.76 Å². The van der Waals surface area contributed by atoms with Crippen molar-refractivity contribution >= 4 is 17.8 Å². The quantitative estimate of drug-likeness (QED) is 0.614. The smallest absolute Gasteiger partial charge is 0.334 e. The monoisotopic (exact) mass is 292 g/mol. The molecule has 1 aromatic heterocycles. The number of carbonyl (C=O) groups is 3. The van der Waals surface area contributed by atoms with Crippen LogP contribution >= 0.6 is 0 Å². The Hall–Kier alpha value is -2.15. The lowest BCUT2D eigenvalue weighted by Gasteiger charge is -2.25. The lowest BCUT2D eigenvalue weighted by Crippen LogP contribution is -2.40. The van der Waals surface area contributed by atoms with Crippen LogP contribution in [0.1, 0.15) is 25.0 Å².